The fourth-order valence-electron chi connectivity index (χ4n) is 1.60. The van der Waals surface area contributed by atoms with Crippen molar-refractivity contribution in [3.05, 3.63) is 47.9 Å². The van der Waals surface area contributed by atoms with Gasteiger partial charge in [-0.15, -0.1) is 0 Å². The van der Waals surface area contributed by atoms with Crippen molar-refractivity contribution in [2.45, 2.75) is 33.0 Å². The quantitative estimate of drug-likeness (QED) is 0.826. The third-order valence-electron chi connectivity index (χ3n) is 2.83. The zero-order chi connectivity index (χ0) is 14.4. The Morgan fingerprint density at radius 1 is 1.35 bits per heavy atom. The number of carbonyl (C=O) groups excluding carboxylic acids is 1. The first kappa shape index (κ1) is 14.2. The van der Waals surface area contributed by atoms with E-state index in [-0.39, 0.29) is 11.9 Å². The van der Waals surface area contributed by atoms with E-state index in [0.29, 0.717) is 13.1 Å². The van der Waals surface area contributed by atoms with Gasteiger partial charge in [0.1, 0.15) is 5.76 Å². The number of carbonyl (C=O) groups is 1. The number of aryl methyl sites for hydroxylation is 1. The molecule has 1 amide bonds. The third-order valence-corrected chi connectivity index (χ3v) is 2.83. The second-order valence-corrected chi connectivity index (χ2v) is 4.55. The van der Waals surface area contributed by atoms with E-state index < -0.39 is 0 Å². The van der Waals surface area contributed by atoms with Gasteiger partial charge in [0.05, 0.1) is 30.2 Å². The van der Waals surface area contributed by atoms with Crippen molar-refractivity contribution in [1.29, 1.82) is 0 Å². The van der Waals surface area contributed by atoms with Crippen LogP contribution in [0.2, 0.25) is 0 Å². The van der Waals surface area contributed by atoms with E-state index in [1.165, 1.54) is 0 Å². The summed E-state index contributed by atoms with van der Waals surface area (Å²) in [5, 5.41) is 5.90. The third kappa shape index (κ3) is 4.17. The summed E-state index contributed by atoms with van der Waals surface area (Å²) in [4.78, 5) is 20.2. The Balaban J connectivity index is 1.74. The Hall–Kier alpha value is -2.21. The van der Waals surface area contributed by atoms with Crippen LogP contribution in [0.4, 0.5) is 0 Å². The van der Waals surface area contributed by atoms with Crippen LogP contribution >= 0.6 is 0 Å². The standard InChI is InChI=1S/C14H18N4O2/c1-10-6-17-12(7-15-10)8-16-11(2)14(19)18-9-13-4-3-5-20-13/h3-7,11,16H,8-9H2,1-2H3,(H,18,19). The molecule has 2 rings (SSSR count). The van der Waals surface area contributed by atoms with E-state index in [9.17, 15) is 4.79 Å². The number of nitrogens with zero attached hydrogens (tertiary/aromatic N) is 2. The van der Waals surface area contributed by atoms with Gasteiger partial charge in [0, 0.05) is 18.9 Å². The predicted octanol–water partition coefficient (Wildman–Crippen LogP) is 1.17. The van der Waals surface area contributed by atoms with Gasteiger partial charge in [-0.25, -0.2) is 0 Å². The van der Waals surface area contributed by atoms with Gasteiger partial charge in [-0.05, 0) is 26.0 Å². The van der Waals surface area contributed by atoms with Crippen molar-refractivity contribution in [2.24, 2.45) is 0 Å². The van der Waals surface area contributed by atoms with Gasteiger partial charge in [0.25, 0.3) is 0 Å². The highest BCUT2D eigenvalue weighted by atomic mass is 16.3. The average Bonchev–Trinajstić information content (AvgIpc) is 2.97. The molecule has 0 aliphatic carbocycles. The van der Waals surface area contributed by atoms with Gasteiger partial charge in [0.15, 0.2) is 0 Å². The summed E-state index contributed by atoms with van der Waals surface area (Å²) in [6.45, 7) is 4.58. The zero-order valence-corrected chi connectivity index (χ0v) is 11.6. The first-order valence-electron chi connectivity index (χ1n) is 6.46. The summed E-state index contributed by atoms with van der Waals surface area (Å²) in [5.74, 6) is 0.649. The molecule has 6 heteroatoms. The molecule has 2 N–H and O–H groups in total. The van der Waals surface area contributed by atoms with Crippen LogP contribution in [0.15, 0.2) is 35.2 Å². The molecule has 0 bridgehead atoms. The minimum absolute atomic E-state index is 0.0820. The lowest BCUT2D eigenvalue weighted by molar-refractivity contribution is -0.123. The van der Waals surface area contributed by atoms with E-state index in [4.69, 9.17) is 4.42 Å². The first-order valence-corrected chi connectivity index (χ1v) is 6.46. The Bertz CT molecular complexity index is 537. The second-order valence-electron chi connectivity index (χ2n) is 4.55. The van der Waals surface area contributed by atoms with Crippen molar-refractivity contribution >= 4 is 5.91 Å². The van der Waals surface area contributed by atoms with E-state index in [2.05, 4.69) is 20.6 Å². The lowest BCUT2D eigenvalue weighted by Gasteiger charge is -2.13. The summed E-state index contributed by atoms with van der Waals surface area (Å²) in [7, 11) is 0. The second kappa shape index (κ2) is 6.81. The fraction of sp³-hybridized carbons (Fsp3) is 0.357. The monoisotopic (exact) mass is 274 g/mol. The number of hydrogen-bond donors (Lipinski definition) is 2. The summed E-state index contributed by atoms with van der Waals surface area (Å²) in [6.07, 6.45) is 4.99. The molecule has 0 aliphatic heterocycles. The molecule has 0 aromatic carbocycles. The van der Waals surface area contributed by atoms with Gasteiger partial charge in [-0.3, -0.25) is 14.8 Å². The molecule has 0 saturated carbocycles. The molecule has 2 aromatic heterocycles. The van der Waals surface area contributed by atoms with Gasteiger partial charge in [0.2, 0.25) is 5.91 Å². The number of amides is 1. The van der Waals surface area contributed by atoms with E-state index >= 15 is 0 Å². The van der Waals surface area contributed by atoms with E-state index in [0.717, 1.165) is 17.1 Å². The topological polar surface area (TPSA) is 80.0 Å². The number of nitrogens with one attached hydrogen (secondary N) is 2. The van der Waals surface area contributed by atoms with Gasteiger partial charge in [-0.1, -0.05) is 0 Å². The molecule has 20 heavy (non-hydrogen) atoms. The molecule has 0 spiro atoms. The molecular formula is C14H18N4O2. The van der Waals surface area contributed by atoms with Gasteiger partial charge >= 0.3 is 0 Å². The van der Waals surface area contributed by atoms with Crippen molar-refractivity contribution in [3.8, 4) is 0 Å². The van der Waals surface area contributed by atoms with E-state index in [1.54, 1.807) is 31.6 Å². The predicted molar refractivity (Wildman–Crippen MR) is 73.6 cm³/mol. The van der Waals surface area contributed by atoms with Gasteiger partial charge < -0.3 is 15.1 Å². The summed E-state index contributed by atoms with van der Waals surface area (Å²) in [6, 6.07) is 3.30. The Kier molecular flexibility index (Phi) is 4.84. The van der Waals surface area contributed by atoms with Crippen LogP contribution in [-0.4, -0.2) is 21.9 Å². The zero-order valence-electron chi connectivity index (χ0n) is 11.6. The number of hydrogen-bond acceptors (Lipinski definition) is 5. The van der Waals surface area contributed by atoms with Crippen LogP contribution in [0.25, 0.3) is 0 Å². The van der Waals surface area contributed by atoms with Crippen molar-refractivity contribution in [3.63, 3.8) is 0 Å². The normalized spacial score (nSPS) is 12.1. The molecule has 6 nitrogen and oxygen atoms in total. The number of furan rings is 1. The fourth-order valence-corrected chi connectivity index (χ4v) is 1.60. The van der Waals surface area contributed by atoms with Crippen LogP contribution in [0.1, 0.15) is 24.1 Å². The summed E-state index contributed by atoms with van der Waals surface area (Å²) < 4.78 is 5.15. The first-order chi connectivity index (χ1) is 9.65. The molecule has 0 fully saturated rings. The number of rotatable bonds is 6. The van der Waals surface area contributed by atoms with Crippen LogP contribution in [-0.2, 0) is 17.9 Å². The highest BCUT2D eigenvalue weighted by Crippen LogP contribution is 1.99. The van der Waals surface area contributed by atoms with Crippen molar-refractivity contribution in [1.82, 2.24) is 20.6 Å². The molecule has 1 atom stereocenters. The largest absolute Gasteiger partial charge is 0.467 e. The van der Waals surface area contributed by atoms with Crippen LogP contribution < -0.4 is 10.6 Å². The average molecular weight is 274 g/mol. The van der Waals surface area contributed by atoms with Crippen molar-refractivity contribution in [2.75, 3.05) is 0 Å². The lowest BCUT2D eigenvalue weighted by Crippen LogP contribution is -2.41. The molecule has 0 saturated heterocycles. The molecule has 1 unspecified atom stereocenters. The Morgan fingerprint density at radius 2 is 2.20 bits per heavy atom. The van der Waals surface area contributed by atoms with Crippen LogP contribution in [0.3, 0.4) is 0 Å². The molecule has 2 aromatic rings. The molecule has 2 heterocycles. The smallest absolute Gasteiger partial charge is 0.237 e. The van der Waals surface area contributed by atoms with E-state index in [1.807, 2.05) is 13.0 Å². The summed E-state index contributed by atoms with van der Waals surface area (Å²) >= 11 is 0. The Labute approximate surface area is 117 Å². The maximum absolute atomic E-state index is 11.9. The number of aromatic nitrogens is 2. The molecule has 0 radical (unpaired) electrons. The maximum atomic E-state index is 11.9. The molecular weight excluding hydrogens is 256 g/mol. The Morgan fingerprint density at radius 3 is 2.85 bits per heavy atom. The summed E-state index contributed by atoms with van der Waals surface area (Å²) in [5.41, 5.74) is 1.68. The van der Waals surface area contributed by atoms with Gasteiger partial charge in [-0.2, -0.15) is 0 Å². The SMILES string of the molecule is Cc1cnc(CNC(C)C(=O)NCc2ccco2)cn1. The maximum Gasteiger partial charge on any atom is 0.237 e. The highest BCUT2D eigenvalue weighted by Gasteiger charge is 2.12. The highest BCUT2D eigenvalue weighted by molar-refractivity contribution is 5.81. The minimum Gasteiger partial charge on any atom is -0.467 e. The van der Waals surface area contributed by atoms with Crippen LogP contribution in [0, 0.1) is 6.92 Å². The molecule has 106 valence electrons. The lowest BCUT2D eigenvalue weighted by atomic mass is 10.3. The molecule has 0 aliphatic rings. The minimum atomic E-state index is -0.312. The van der Waals surface area contributed by atoms with Crippen LogP contribution in [0.5, 0.6) is 0 Å². The van der Waals surface area contributed by atoms with Crippen molar-refractivity contribution < 1.29 is 9.21 Å².